The molecule has 2 heterocycles. The molecule has 0 saturated carbocycles. The molecule has 0 amide bonds. The predicted molar refractivity (Wildman–Crippen MR) is 119 cm³/mol. The second kappa shape index (κ2) is 8.57. The Morgan fingerprint density at radius 1 is 1.10 bits per heavy atom. The Labute approximate surface area is 176 Å². The lowest BCUT2D eigenvalue weighted by Crippen LogP contribution is -2.42. The van der Waals surface area contributed by atoms with E-state index in [0.29, 0.717) is 13.1 Å². The molecule has 0 radical (unpaired) electrons. The maximum Gasteiger partial charge on any atom is 0.213 e. The Bertz CT molecular complexity index is 1130. The minimum Gasteiger partial charge on any atom is -0.382 e. The number of hydrogen-bond acceptors (Lipinski definition) is 5. The number of nitrogens with one attached hydrogen (secondary N) is 2. The predicted octanol–water partition coefficient (Wildman–Crippen LogP) is 4.34. The van der Waals surface area contributed by atoms with Crippen LogP contribution >= 0.6 is 0 Å². The summed E-state index contributed by atoms with van der Waals surface area (Å²) in [4.78, 5) is 4.26. The number of nitrogens with zero attached hydrogens (tertiary/aromatic N) is 2. The van der Waals surface area contributed by atoms with Crippen molar-refractivity contribution in [3.63, 3.8) is 0 Å². The van der Waals surface area contributed by atoms with Crippen LogP contribution < -0.4 is 10.6 Å². The zero-order valence-electron chi connectivity index (χ0n) is 16.8. The van der Waals surface area contributed by atoms with E-state index in [1.807, 2.05) is 24.4 Å². The molecular weight excluding hydrogens is 403 g/mol. The van der Waals surface area contributed by atoms with Gasteiger partial charge in [-0.3, -0.25) is 4.98 Å². The molecule has 3 aromatic rings. The zero-order valence-corrected chi connectivity index (χ0v) is 17.6. The molecule has 2 N–H and O–H groups in total. The highest BCUT2D eigenvalue weighted by Crippen LogP contribution is 2.31. The van der Waals surface area contributed by atoms with Crippen LogP contribution in [0, 0.1) is 5.82 Å². The third kappa shape index (κ3) is 4.55. The van der Waals surface area contributed by atoms with Gasteiger partial charge in [0.25, 0.3) is 0 Å². The maximum atomic E-state index is 13.2. The molecule has 6 nitrogen and oxygen atoms in total. The monoisotopic (exact) mass is 428 g/mol. The van der Waals surface area contributed by atoms with E-state index in [9.17, 15) is 12.8 Å². The first kappa shape index (κ1) is 20.6. The molecule has 1 aliphatic rings. The van der Waals surface area contributed by atoms with Gasteiger partial charge in [0.05, 0.1) is 5.75 Å². The van der Waals surface area contributed by atoms with Gasteiger partial charge in [0.1, 0.15) is 5.82 Å². The molecule has 0 spiro atoms. The van der Waals surface area contributed by atoms with Gasteiger partial charge in [0, 0.05) is 54.0 Å². The number of benzene rings is 2. The third-order valence-electron chi connectivity index (χ3n) is 5.46. The summed E-state index contributed by atoms with van der Waals surface area (Å²) < 4.78 is 39.0. The van der Waals surface area contributed by atoms with E-state index >= 15 is 0 Å². The average Bonchev–Trinajstić information content (AvgIpc) is 2.76. The lowest BCUT2D eigenvalue weighted by molar-refractivity contribution is 0.330. The van der Waals surface area contributed by atoms with Crippen molar-refractivity contribution in [1.82, 2.24) is 9.29 Å². The fraction of sp³-hybridized carbons (Fsp3) is 0.318. The number of fused-ring (bicyclic) bond motifs is 1. The second-order valence-electron chi connectivity index (χ2n) is 7.47. The van der Waals surface area contributed by atoms with Crippen LogP contribution in [0.2, 0.25) is 0 Å². The lowest BCUT2D eigenvalue weighted by atomic mass is 10.0. The van der Waals surface area contributed by atoms with E-state index in [0.717, 1.165) is 40.7 Å². The molecule has 2 aromatic carbocycles. The molecule has 1 saturated heterocycles. The number of aromatic nitrogens is 1. The number of pyridine rings is 1. The van der Waals surface area contributed by atoms with Gasteiger partial charge in [-0.05, 0) is 67.6 Å². The van der Waals surface area contributed by atoms with Gasteiger partial charge in [-0.15, -0.1) is 0 Å². The van der Waals surface area contributed by atoms with Crippen LogP contribution in [0.15, 0.2) is 54.9 Å². The number of anilines is 3. The minimum absolute atomic E-state index is 0.137. The van der Waals surface area contributed by atoms with Crippen molar-refractivity contribution >= 4 is 37.9 Å². The first-order chi connectivity index (χ1) is 14.4. The first-order valence-corrected chi connectivity index (χ1v) is 11.7. The summed E-state index contributed by atoms with van der Waals surface area (Å²) in [7, 11) is -3.14. The smallest absolute Gasteiger partial charge is 0.213 e. The standard InChI is InChI=1S/C22H25FN4O2S/c1-2-30(28,29)27-11-8-19(9-12-27)26-22-14-20(13-16-7-10-24-15-21(16)22)25-18-5-3-17(23)4-6-18/h3-7,10,13-15,19,25-26H,2,8-9,11-12H2,1H3. The SMILES string of the molecule is CCS(=O)(=O)N1CCC(Nc2cc(Nc3ccc(F)cc3)cc3ccncc23)CC1. The van der Waals surface area contributed by atoms with Crippen molar-refractivity contribution < 1.29 is 12.8 Å². The van der Waals surface area contributed by atoms with Crippen molar-refractivity contribution in [2.75, 3.05) is 29.5 Å². The normalized spacial score (nSPS) is 15.9. The Morgan fingerprint density at radius 2 is 1.83 bits per heavy atom. The Hall–Kier alpha value is -2.71. The zero-order chi connectivity index (χ0) is 21.1. The first-order valence-electron chi connectivity index (χ1n) is 10.1. The molecule has 1 aromatic heterocycles. The van der Waals surface area contributed by atoms with Crippen LogP contribution in [0.3, 0.4) is 0 Å². The number of hydrogen-bond donors (Lipinski definition) is 2. The van der Waals surface area contributed by atoms with Crippen LogP contribution in [-0.4, -0.2) is 42.6 Å². The van der Waals surface area contributed by atoms with Crippen molar-refractivity contribution in [1.29, 1.82) is 0 Å². The van der Waals surface area contributed by atoms with E-state index in [2.05, 4.69) is 15.6 Å². The second-order valence-corrected chi connectivity index (χ2v) is 9.73. The Kier molecular flexibility index (Phi) is 5.87. The van der Waals surface area contributed by atoms with Gasteiger partial charge in [0.15, 0.2) is 0 Å². The number of halogens is 1. The minimum atomic E-state index is -3.14. The number of piperidine rings is 1. The molecule has 0 unspecified atom stereocenters. The van der Waals surface area contributed by atoms with Gasteiger partial charge in [0.2, 0.25) is 10.0 Å². The fourth-order valence-electron chi connectivity index (χ4n) is 3.77. The maximum absolute atomic E-state index is 13.2. The fourth-order valence-corrected chi connectivity index (χ4v) is 4.90. The van der Waals surface area contributed by atoms with E-state index in [1.54, 1.807) is 29.6 Å². The van der Waals surface area contributed by atoms with Gasteiger partial charge < -0.3 is 10.6 Å². The molecule has 1 aliphatic heterocycles. The number of sulfonamides is 1. The largest absolute Gasteiger partial charge is 0.382 e. The molecule has 0 bridgehead atoms. The molecule has 1 fully saturated rings. The van der Waals surface area contributed by atoms with Gasteiger partial charge >= 0.3 is 0 Å². The Balaban J connectivity index is 1.55. The van der Waals surface area contributed by atoms with Crippen molar-refractivity contribution in [3.05, 3.63) is 60.7 Å². The number of rotatable bonds is 6. The quantitative estimate of drug-likeness (QED) is 0.611. The third-order valence-corrected chi connectivity index (χ3v) is 7.34. The summed E-state index contributed by atoms with van der Waals surface area (Å²) in [5.74, 6) is -0.137. The van der Waals surface area contributed by atoms with Gasteiger partial charge in [-0.2, -0.15) is 0 Å². The Morgan fingerprint density at radius 3 is 2.53 bits per heavy atom. The summed E-state index contributed by atoms with van der Waals surface area (Å²) in [6.45, 7) is 2.73. The van der Waals surface area contributed by atoms with E-state index < -0.39 is 10.0 Å². The summed E-state index contributed by atoms with van der Waals surface area (Å²) in [6.07, 6.45) is 5.07. The van der Waals surface area contributed by atoms with Gasteiger partial charge in [-0.1, -0.05) is 0 Å². The van der Waals surface area contributed by atoms with Crippen molar-refractivity contribution in [3.8, 4) is 0 Å². The molecule has 158 valence electrons. The van der Waals surface area contributed by atoms with E-state index in [1.165, 1.54) is 12.1 Å². The van der Waals surface area contributed by atoms with Crippen LogP contribution in [0.1, 0.15) is 19.8 Å². The summed E-state index contributed by atoms with van der Waals surface area (Å²) in [5, 5.41) is 8.95. The highest BCUT2D eigenvalue weighted by molar-refractivity contribution is 7.89. The van der Waals surface area contributed by atoms with E-state index in [-0.39, 0.29) is 17.6 Å². The van der Waals surface area contributed by atoms with Crippen LogP contribution in [0.25, 0.3) is 10.8 Å². The van der Waals surface area contributed by atoms with Crippen LogP contribution in [0.4, 0.5) is 21.5 Å². The van der Waals surface area contributed by atoms with Crippen LogP contribution in [-0.2, 0) is 10.0 Å². The van der Waals surface area contributed by atoms with Crippen LogP contribution in [0.5, 0.6) is 0 Å². The van der Waals surface area contributed by atoms with Crippen molar-refractivity contribution in [2.24, 2.45) is 0 Å². The molecule has 30 heavy (non-hydrogen) atoms. The molecule has 0 aliphatic carbocycles. The van der Waals surface area contributed by atoms with Gasteiger partial charge in [-0.25, -0.2) is 17.1 Å². The molecule has 0 atom stereocenters. The highest BCUT2D eigenvalue weighted by atomic mass is 32.2. The summed E-state index contributed by atoms with van der Waals surface area (Å²) in [5.41, 5.74) is 2.63. The van der Waals surface area contributed by atoms with E-state index in [4.69, 9.17) is 0 Å². The summed E-state index contributed by atoms with van der Waals surface area (Å²) in [6, 6.07) is 12.4. The lowest BCUT2D eigenvalue weighted by Gasteiger charge is -2.32. The summed E-state index contributed by atoms with van der Waals surface area (Å²) >= 11 is 0. The molecule has 4 rings (SSSR count). The highest BCUT2D eigenvalue weighted by Gasteiger charge is 2.26. The molecule has 8 heteroatoms. The topological polar surface area (TPSA) is 74.3 Å². The average molecular weight is 429 g/mol. The molecular formula is C22H25FN4O2S. The van der Waals surface area contributed by atoms with Crippen molar-refractivity contribution in [2.45, 2.75) is 25.8 Å².